The van der Waals surface area contributed by atoms with Crippen molar-refractivity contribution in [2.75, 3.05) is 18.8 Å². The number of thioether (sulfide) groups is 1. The molecular weight excluding hydrogens is 374 g/mol. The summed E-state index contributed by atoms with van der Waals surface area (Å²) in [6.45, 7) is 1.08. The molecule has 4 rings (SSSR count). The number of rotatable bonds is 2. The van der Waals surface area contributed by atoms with Crippen molar-refractivity contribution in [3.05, 3.63) is 64.7 Å². The second-order valence-corrected chi connectivity index (χ2v) is 8.43. The predicted octanol–water partition coefficient (Wildman–Crippen LogP) is 4.89. The molecule has 134 valence electrons. The number of carbonyl (C=O) groups excluding carboxylic acids is 1. The maximum atomic E-state index is 14.1. The number of hydrogen-bond donors (Lipinski definition) is 0. The van der Waals surface area contributed by atoms with Crippen molar-refractivity contribution in [2.45, 2.75) is 11.7 Å². The first-order valence-corrected chi connectivity index (χ1v) is 10.2. The van der Waals surface area contributed by atoms with Crippen LogP contribution in [-0.2, 0) is 0 Å². The van der Waals surface area contributed by atoms with Gasteiger partial charge in [0.2, 0.25) is 0 Å². The van der Waals surface area contributed by atoms with Gasteiger partial charge in [-0.1, -0.05) is 12.1 Å². The zero-order chi connectivity index (χ0) is 18.1. The van der Waals surface area contributed by atoms with Crippen LogP contribution in [0.1, 0.15) is 27.0 Å². The number of fused-ring (bicyclic) bond motifs is 1. The fourth-order valence-electron chi connectivity index (χ4n) is 3.08. The Hall–Kier alpha value is -1.99. The highest BCUT2D eigenvalue weighted by Crippen LogP contribution is 2.36. The van der Waals surface area contributed by atoms with E-state index in [1.165, 1.54) is 23.5 Å². The average molecular weight is 390 g/mol. The van der Waals surface area contributed by atoms with Gasteiger partial charge in [-0.25, -0.2) is 13.8 Å². The molecule has 0 radical (unpaired) electrons. The molecule has 3 aromatic rings. The standard InChI is InChI=1S/C19H16F2N2OS2/c20-12-5-6-14(21)13(11-12)16-7-8-23(9-10-25-16)19(24)18-22-15-3-1-2-4-17(15)26-18/h1-6,11,16H,7-10H2. The Balaban J connectivity index is 1.51. The summed E-state index contributed by atoms with van der Waals surface area (Å²) in [5, 5.41) is 0.324. The second-order valence-electron chi connectivity index (χ2n) is 6.09. The molecule has 1 aromatic heterocycles. The van der Waals surface area contributed by atoms with E-state index in [2.05, 4.69) is 4.98 Å². The van der Waals surface area contributed by atoms with Crippen LogP contribution in [0.3, 0.4) is 0 Å². The third-order valence-electron chi connectivity index (χ3n) is 4.41. The molecule has 3 nitrogen and oxygen atoms in total. The summed E-state index contributed by atoms with van der Waals surface area (Å²) >= 11 is 2.95. The Morgan fingerprint density at radius 3 is 2.85 bits per heavy atom. The second kappa shape index (κ2) is 7.32. The molecule has 1 aliphatic rings. The van der Waals surface area contributed by atoms with E-state index in [0.717, 1.165) is 16.3 Å². The maximum Gasteiger partial charge on any atom is 0.282 e. The smallest absolute Gasteiger partial charge is 0.282 e. The summed E-state index contributed by atoms with van der Waals surface area (Å²) in [7, 11) is 0. The van der Waals surface area contributed by atoms with E-state index in [1.807, 2.05) is 24.3 Å². The fraction of sp³-hybridized carbons (Fsp3) is 0.263. The van der Waals surface area contributed by atoms with Crippen molar-refractivity contribution in [3.8, 4) is 0 Å². The first-order valence-electron chi connectivity index (χ1n) is 8.33. The largest absolute Gasteiger partial charge is 0.336 e. The minimum Gasteiger partial charge on any atom is -0.336 e. The summed E-state index contributed by atoms with van der Waals surface area (Å²) in [6.07, 6.45) is 0.585. The van der Waals surface area contributed by atoms with Crippen LogP contribution < -0.4 is 0 Å². The van der Waals surface area contributed by atoms with Gasteiger partial charge in [-0.05, 0) is 36.8 Å². The Labute approximate surface area is 158 Å². The van der Waals surface area contributed by atoms with Gasteiger partial charge >= 0.3 is 0 Å². The maximum absolute atomic E-state index is 14.1. The minimum atomic E-state index is -0.436. The SMILES string of the molecule is O=C(c1nc2ccccc2s1)N1CCSC(c2cc(F)ccc2F)CC1. The lowest BCUT2D eigenvalue weighted by atomic mass is 10.1. The van der Waals surface area contributed by atoms with Gasteiger partial charge in [0.1, 0.15) is 11.6 Å². The van der Waals surface area contributed by atoms with Crippen LogP contribution in [0, 0.1) is 11.6 Å². The van der Waals surface area contributed by atoms with Crippen molar-refractivity contribution in [1.29, 1.82) is 0 Å². The van der Waals surface area contributed by atoms with Crippen LogP contribution in [0.4, 0.5) is 8.78 Å². The van der Waals surface area contributed by atoms with Crippen LogP contribution in [0.15, 0.2) is 42.5 Å². The van der Waals surface area contributed by atoms with Gasteiger partial charge in [0.25, 0.3) is 5.91 Å². The highest BCUT2D eigenvalue weighted by atomic mass is 32.2. The summed E-state index contributed by atoms with van der Waals surface area (Å²) < 4.78 is 28.5. The fourth-order valence-corrected chi connectivity index (χ4v) is 5.26. The molecule has 7 heteroatoms. The Morgan fingerprint density at radius 2 is 2.00 bits per heavy atom. The molecule has 0 bridgehead atoms. The van der Waals surface area contributed by atoms with Crippen molar-refractivity contribution >= 4 is 39.2 Å². The monoisotopic (exact) mass is 390 g/mol. The van der Waals surface area contributed by atoms with Crippen molar-refractivity contribution in [1.82, 2.24) is 9.88 Å². The zero-order valence-electron chi connectivity index (χ0n) is 13.8. The van der Waals surface area contributed by atoms with Gasteiger partial charge in [-0.2, -0.15) is 11.8 Å². The quantitative estimate of drug-likeness (QED) is 0.624. The molecule has 1 amide bonds. The number of thiazole rings is 1. The van der Waals surface area contributed by atoms with E-state index in [1.54, 1.807) is 16.7 Å². The number of carbonyl (C=O) groups is 1. The molecule has 0 spiro atoms. The topological polar surface area (TPSA) is 33.2 Å². The lowest BCUT2D eigenvalue weighted by Gasteiger charge is -2.19. The van der Waals surface area contributed by atoms with E-state index >= 15 is 0 Å². The van der Waals surface area contributed by atoms with Gasteiger partial charge in [-0.3, -0.25) is 4.79 Å². The predicted molar refractivity (Wildman–Crippen MR) is 102 cm³/mol. The number of benzene rings is 2. The first kappa shape index (κ1) is 17.4. The van der Waals surface area contributed by atoms with E-state index in [0.29, 0.717) is 35.8 Å². The van der Waals surface area contributed by atoms with Crippen LogP contribution in [-0.4, -0.2) is 34.6 Å². The van der Waals surface area contributed by atoms with Crippen molar-refractivity contribution in [2.24, 2.45) is 0 Å². The van der Waals surface area contributed by atoms with Crippen LogP contribution in [0.5, 0.6) is 0 Å². The van der Waals surface area contributed by atoms with E-state index in [4.69, 9.17) is 0 Å². The molecule has 26 heavy (non-hydrogen) atoms. The molecule has 1 fully saturated rings. The molecule has 1 aliphatic heterocycles. The van der Waals surface area contributed by atoms with Gasteiger partial charge < -0.3 is 4.90 Å². The van der Waals surface area contributed by atoms with Gasteiger partial charge in [0, 0.05) is 29.7 Å². The van der Waals surface area contributed by atoms with Gasteiger partial charge in [-0.15, -0.1) is 11.3 Å². The Bertz CT molecular complexity index is 927. The molecule has 1 saturated heterocycles. The van der Waals surface area contributed by atoms with Crippen LogP contribution >= 0.6 is 23.1 Å². The van der Waals surface area contributed by atoms with E-state index < -0.39 is 11.6 Å². The summed E-state index contributed by atoms with van der Waals surface area (Å²) in [5.41, 5.74) is 1.20. The van der Waals surface area contributed by atoms with Crippen LogP contribution in [0.2, 0.25) is 0 Å². The molecule has 0 saturated carbocycles. The number of para-hydroxylation sites is 1. The molecular formula is C19H16F2N2OS2. The molecule has 0 N–H and O–H groups in total. The number of halogens is 2. The highest BCUT2D eigenvalue weighted by molar-refractivity contribution is 7.99. The number of nitrogens with zero attached hydrogens (tertiary/aromatic N) is 2. The van der Waals surface area contributed by atoms with E-state index in [-0.39, 0.29) is 11.2 Å². The molecule has 1 unspecified atom stereocenters. The zero-order valence-corrected chi connectivity index (χ0v) is 15.5. The van der Waals surface area contributed by atoms with Crippen molar-refractivity contribution in [3.63, 3.8) is 0 Å². The van der Waals surface area contributed by atoms with Gasteiger partial charge in [0.05, 0.1) is 10.2 Å². The van der Waals surface area contributed by atoms with Gasteiger partial charge in [0.15, 0.2) is 5.01 Å². The minimum absolute atomic E-state index is 0.0906. The van der Waals surface area contributed by atoms with Crippen LogP contribution in [0.25, 0.3) is 10.2 Å². The summed E-state index contributed by atoms with van der Waals surface area (Å²) in [6, 6.07) is 11.2. The molecule has 0 aliphatic carbocycles. The highest BCUT2D eigenvalue weighted by Gasteiger charge is 2.26. The Kier molecular flexibility index (Phi) is 4.91. The number of hydrogen-bond acceptors (Lipinski definition) is 4. The third-order valence-corrected chi connectivity index (χ3v) is 6.75. The number of amides is 1. The molecule has 2 aromatic carbocycles. The average Bonchev–Trinajstić information content (AvgIpc) is 2.93. The van der Waals surface area contributed by atoms with E-state index in [9.17, 15) is 13.6 Å². The van der Waals surface area contributed by atoms with Crippen molar-refractivity contribution < 1.29 is 13.6 Å². The first-order chi connectivity index (χ1) is 12.6. The normalized spacial score (nSPS) is 18.1. The lowest BCUT2D eigenvalue weighted by molar-refractivity contribution is 0.0766. The number of aromatic nitrogens is 1. The summed E-state index contributed by atoms with van der Waals surface area (Å²) in [5.74, 6) is -0.243. The molecule has 1 atom stereocenters. The summed E-state index contributed by atoms with van der Waals surface area (Å²) in [4.78, 5) is 19.0. The lowest BCUT2D eigenvalue weighted by Crippen LogP contribution is -2.32. The Morgan fingerprint density at radius 1 is 1.15 bits per heavy atom. The third kappa shape index (κ3) is 3.46. The molecule has 2 heterocycles.